The molecule has 0 radical (unpaired) electrons. The Bertz CT molecular complexity index is 445. The van der Waals surface area contributed by atoms with Gasteiger partial charge in [0.1, 0.15) is 4.32 Å². The van der Waals surface area contributed by atoms with Crippen LogP contribution < -0.4 is 4.90 Å². The molecule has 0 aromatic heterocycles. The molecule has 1 aromatic rings. The van der Waals surface area contributed by atoms with Crippen molar-refractivity contribution in [2.75, 3.05) is 10.7 Å². The Morgan fingerprint density at radius 3 is 2.88 bits per heavy atom. The highest BCUT2D eigenvalue weighted by molar-refractivity contribution is 8.23. The Labute approximate surface area is 109 Å². The van der Waals surface area contributed by atoms with E-state index in [9.17, 15) is 4.79 Å². The van der Waals surface area contributed by atoms with Crippen molar-refractivity contribution in [3.8, 4) is 0 Å². The highest BCUT2D eigenvalue weighted by Crippen LogP contribution is 2.28. The summed E-state index contributed by atoms with van der Waals surface area (Å²) in [4.78, 5) is 13.4. The maximum atomic E-state index is 11.8. The number of hydrogen-bond donors (Lipinski definition) is 0. The number of thiocarbonyl (C=S) groups is 1. The van der Waals surface area contributed by atoms with Gasteiger partial charge in [-0.3, -0.25) is 9.69 Å². The van der Waals surface area contributed by atoms with E-state index in [0.717, 1.165) is 17.0 Å². The van der Waals surface area contributed by atoms with Crippen molar-refractivity contribution in [1.82, 2.24) is 0 Å². The molecule has 1 aromatic carbocycles. The van der Waals surface area contributed by atoms with Crippen LogP contribution >= 0.6 is 35.6 Å². The fourth-order valence-electron chi connectivity index (χ4n) is 1.52. The first-order chi connectivity index (χ1) is 7.59. The molecule has 1 aliphatic heterocycles. The van der Waals surface area contributed by atoms with Crippen LogP contribution in [0.2, 0.25) is 5.02 Å². The number of anilines is 1. The van der Waals surface area contributed by atoms with Gasteiger partial charge in [0.15, 0.2) is 0 Å². The number of halogens is 1. The van der Waals surface area contributed by atoms with Crippen molar-refractivity contribution in [3.63, 3.8) is 0 Å². The molecule has 5 heteroatoms. The third kappa shape index (κ3) is 2.24. The quantitative estimate of drug-likeness (QED) is 0.730. The maximum absolute atomic E-state index is 11.8. The third-order valence-electron chi connectivity index (χ3n) is 2.37. The van der Waals surface area contributed by atoms with E-state index in [1.54, 1.807) is 11.0 Å². The van der Waals surface area contributed by atoms with Crippen molar-refractivity contribution < 1.29 is 4.79 Å². The molecule has 1 amide bonds. The number of rotatable bonds is 1. The number of carbonyl (C=O) groups excluding carboxylic acids is 1. The number of aryl methyl sites for hydroxylation is 1. The predicted octanol–water partition coefficient (Wildman–Crippen LogP) is 3.40. The Kier molecular flexibility index (Phi) is 3.52. The van der Waals surface area contributed by atoms with E-state index < -0.39 is 0 Å². The predicted molar refractivity (Wildman–Crippen MR) is 73.3 cm³/mol. The lowest BCUT2D eigenvalue weighted by atomic mass is 10.2. The number of nitrogens with zero attached hydrogens (tertiary/aromatic N) is 1. The van der Waals surface area contributed by atoms with Crippen LogP contribution in [-0.4, -0.2) is 16.0 Å². The smallest absolute Gasteiger partial charge is 0.233 e. The number of thioether (sulfide) groups is 1. The molecule has 1 saturated heterocycles. The summed E-state index contributed by atoms with van der Waals surface area (Å²) in [6.45, 7) is 1.91. The van der Waals surface area contributed by atoms with Gasteiger partial charge >= 0.3 is 0 Å². The monoisotopic (exact) mass is 271 g/mol. The SMILES string of the molecule is Cc1cc(N2C(=O)CCSC2=S)ccc1Cl. The van der Waals surface area contributed by atoms with Gasteiger partial charge < -0.3 is 0 Å². The molecule has 16 heavy (non-hydrogen) atoms. The minimum Gasteiger partial charge on any atom is -0.274 e. The van der Waals surface area contributed by atoms with Crippen molar-refractivity contribution in [2.24, 2.45) is 0 Å². The molecule has 2 rings (SSSR count). The normalized spacial score (nSPS) is 16.8. The van der Waals surface area contributed by atoms with Gasteiger partial charge in [0.25, 0.3) is 0 Å². The van der Waals surface area contributed by atoms with Crippen molar-refractivity contribution in [2.45, 2.75) is 13.3 Å². The van der Waals surface area contributed by atoms with E-state index in [4.69, 9.17) is 23.8 Å². The summed E-state index contributed by atoms with van der Waals surface area (Å²) in [5.74, 6) is 0.839. The minimum absolute atomic E-state index is 0.0606. The van der Waals surface area contributed by atoms with Gasteiger partial charge in [0, 0.05) is 17.2 Å². The molecular formula is C11H10ClNOS2. The lowest BCUT2D eigenvalue weighted by Gasteiger charge is -2.27. The highest BCUT2D eigenvalue weighted by atomic mass is 35.5. The van der Waals surface area contributed by atoms with Crippen molar-refractivity contribution in [3.05, 3.63) is 28.8 Å². The van der Waals surface area contributed by atoms with Crippen molar-refractivity contribution >= 4 is 51.5 Å². The van der Waals surface area contributed by atoms with E-state index in [2.05, 4.69) is 0 Å². The Balaban J connectivity index is 2.38. The number of hydrogen-bond acceptors (Lipinski definition) is 3. The van der Waals surface area contributed by atoms with Gasteiger partial charge in [-0.15, -0.1) is 0 Å². The zero-order valence-corrected chi connectivity index (χ0v) is 11.1. The van der Waals surface area contributed by atoms with Crippen LogP contribution in [0.15, 0.2) is 18.2 Å². The molecule has 1 aliphatic rings. The second-order valence-corrected chi connectivity index (χ2v) is 5.66. The fraction of sp³-hybridized carbons (Fsp3) is 0.273. The molecular weight excluding hydrogens is 262 g/mol. The first-order valence-corrected chi connectivity index (χ1v) is 6.62. The lowest BCUT2D eigenvalue weighted by Crippen LogP contribution is -2.37. The fourth-order valence-corrected chi connectivity index (χ4v) is 2.88. The second kappa shape index (κ2) is 4.73. The standard InChI is InChI=1S/C11H10ClNOS2/c1-7-6-8(2-3-9(7)12)13-10(14)4-5-16-11(13)15/h2-3,6H,4-5H2,1H3. The van der Waals surface area contributed by atoms with Crippen LogP contribution in [0.4, 0.5) is 5.69 Å². The molecule has 1 heterocycles. The average Bonchev–Trinajstić information content (AvgIpc) is 2.23. The van der Waals surface area contributed by atoms with Gasteiger partial charge in [-0.2, -0.15) is 0 Å². The summed E-state index contributed by atoms with van der Waals surface area (Å²) < 4.78 is 0.623. The second-order valence-electron chi connectivity index (χ2n) is 3.53. The molecule has 0 spiro atoms. The summed E-state index contributed by atoms with van der Waals surface area (Å²) in [5.41, 5.74) is 1.76. The molecule has 1 fully saturated rings. The molecule has 84 valence electrons. The van der Waals surface area contributed by atoms with Crippen LogP contribution in [0.25, 0.3) is 0 Å². The van der Waals surface area contributed by atoms with Crippen LogP contribution in [0.3, 0.4) is 0 Å². The van der Waals surface area contributed by atoms with E-state index >= 15 is 0 Å². The summed E-state index contributed by atoms with van der Waals surface area (Å²) in [5, 5.41) is 0.701. The molecule has 0 bridgehead atoms. The molecule has 0 N–H and O–H groups in total. The lowest BCUT2D eigenvalue weighted by molar-refractivity contribution is -0.117. The molecule has 2 nitrogen and oxygen atoms in total. The first-order valence-electron chi connectivity index (χ1n) is 4.85. The third-order valence-corrected chi connectivity index (χ3v) is 4.17. The summed E-state index contributed by atoms with van der Waals surface area (Å²) >= 11 is 12.7. The summed E-state index contributed by atoms with van der Waals surface area (Å²) in [6.07, 6.45) is 0.534. The van der Waals surface area contributed by atoms with Gasteiger partial charge in [-0.1, -0.05) is 35.6 Å². The number of carbonyl (C=O) groups is 1. The van der Waals surface area contributed by atoms with E-state index in [0.29, 0.717) is 15.8 Å². The minimum atomic E-state index is 0.0606. The molecule has 0 aliphatic carbocycles. The molecule has 0 atom stereocenters. The number of benzene rings is 1. The van der Waals surface area contributed by atoms with E-state index in [1.807, 2.05) is 19.1 Å². The van der Waals surface area contributed by atoms with Gasteiger partial charge in [-0.05, 0) is 30.7 Å². The van der Waals surface area contributed by atoms with Crippen LogP contribution in [-0.2, 0) is 4.79 Å². The summed E-state index contributed by atoms with van der Waals surface area (Å²) in [6, 6.07) is 5.51. The Morgan fingerprint density at radius 1 is 1.50 bits per heavy atom. The van der Waals surface area contributed by atoms with Gasteiger partial charge in [-0.25, -0.2) is 0 Å². The van der Waals surface area contributed by atoms with Crippen LogP contribution in [0.1, 0.15) is 12.0 Å². The molecule has 0 saturated carbocycles. The van der Waals surface area contributed by atoms with Crippen LogP contribution in [0, 0.1) is 6.92 Å². The van der Waals surface area contributed by atoms with E-state index in [-0.39, 0.29) is 5.91 Å². The zero-order chi connectivity index (χ0) is 11.7. The Hall–Kier alpha value is -0.580. The zero-order valence-electron chi connectivity index (χ0n) is 8.70. The first kappa shape index (κ1) is 11.9. The Morgan fingerprint density at radius 2 is 2.25 bits per heavy atom. The van der Waals surface area contributed by atoms with Crippen molar-refractivity contribution in [1.29, 1.82) is 0 Å². The van der Waals surface area contributed by atoms with Gasteiger partial charge in [0.2, 0.25) is 5.91 Å². The summed E-state index contributed by atoms with van der Waals surface area (Å²) in [7, 11) is 0. The highest BCUT2D eigenvalue weighted by Gasteiger charge is 2.25. The molecule has 0 unspecified atom stereocenters. The number of amides is 1. The maximum Gasteiger partial charge on any atom is 0.233 e. The van der Waals surface area contributed by atoms with Gasteiger partial charge in [0.05, 0.1) is 5.69 Å². The largest absolute Gasteiger partial charge is 0.274 e. The topological polar surface area (TPSA) is 20.3 Å². The average molecular weight is 272 g/mol. The van der Waals surface area contributed by atoms with E-state index in [1.165, 1.54) is 11.8 Å². The van der Waals surface area contributed by atoms with Crippen LogP contribution in [0.5, 0.6) is 0 Å².